The van der Waals surface area contributed by atoms with Crippen LogP contribution in [0.2, 0.25) is 0 Å². The number of quaternary nitrogens is 4. The van der Waals surface area contributed by atoms with Gasteiger partial charge < -0.3 is 44.8 Å². The molecule has 0 heterocycles. The maximum Gasteiger partial charge on any atom is 0.0737 e. The highest BCUT2D eigenvalue weighted by Crippen LogP contribution is 1.55. The summed E-state index contributed by atoms with van der Waals surface area (Å²) < 4.78 is 0. The van der Waals surface area contributed by atoms with Crippen LogP contribution in [-0.4, -0.2) is 48.1 Å². The van der Waals surface area contributed by atoms with Crippen molar-refractivity contribution >= 4 is 0 Å². The number of hydrogen-bond acceptors (Lipinski definition) is 4. The van der Waals surface area contributed by atoms with E-state index in [0.717, 1.165) is 26.2 Å². The molecule has 20 heavy (non-hydrogen) atoms. The molecule has 0 rings (SSSR count). The molecule has 0 radical (unpaired) electrons. The fourth-order valence-electron chi connectivity index (χ4n) is 0. The van der Waals surface area contributed by atoms with Crippen molar-refractivity contribution in [3.8, 4) is 0 Å². The summed E-state index contributed by atoms with van der Waals surface area (Å²) >= 11 is 0. The topological polar surface area (TPSA) is 231 Å². The van der Waals surface area contributed by atoms with E-state index < -0.39 is 0 Å². The fourth-order valence-corrected chi connectivity index (χ4v) is 0. The normalized spacial score (nSPS) is 6.00. The lowest BCUT2D eigenvalue weighted by molar-refractivity contribution is -0.367. The van der Waals surface area contributed by atoms with E-state index in [1.54, 1.807) is 0 Å². The van der Waals surface area contributed by atoms with Crippen LogP contribution in [-0.2, 0) is 0 Å². The summed E-state index contributed by atoms with van der Waals surface area (Å²) in [6.07, 6.45) is 4.83. The fraction of sp³-hybridized carbons (Fsp3) is 1.00. The van der Waals surface area contributed by atoms with Crippen LogP contribution in [0, 0.1) is 0 Å². The lowest BCUT2D eigenvalue weighted by Gasteiger charge is -1.66. The van der Waals surface area contributed by atoms with E-state index >= 15 is 0 Å². The van der Waals surface area contributed by atoms with Gasteiger partial charge in [-0.1, -0.05) is 27.7 Å². The smallest absolute Gasteiger partial charge is 0.0737 e. The summed E-state index contributed by atoms with van der Waals surface area (Å²) in [5, 5.41) is 0. The van der Waals surface area contributed by atoms with Crippen molar-refractivity contribution in [2.45, 2.75) is 53.4 Å². The second-order valence-corrected chi connectivity index (χ2v) is 3.41. The Bertz CT molecular complexity index is 51.4. The zero-order chi connectivity index (χ0) is 13.7. The molecule has 0 saturated heterocycles. The van der Waals surface area contributed by atoms with Gasteiger partial charge in [0.25, 0.3) is 0 Å². The molecule has 0 spiro atoms. The SMILES string of the molecule is CCC[NH3+].CCC[NH3+].CCC[NH3+].CCC[NH3+].[OH-].[OH-].[OH-].[OH-]. The van der Waals surface area contributed by atoms with Crippen molar-refractivity contribution in [2.75, 3.05) is 26.2 Å². The average molecular weight is 309 g/mol. The molecule has 0 aliphatic heterocycles. The number of hydrogen-bond donors (Lipinski definition) is 4. The second kappa shape index (κ2) is 99.0. The zero-order valence-corrected chi connectivity index (χ0v) is 14.3. The Kier molecular flexibility index (Phi) is 249. The van der Waals surface area contributed by atoms with Crippen molar-refractivity contribution in [3.05, 3.63) is 0 Å². The van der Waals surface area contributed by atoms with Crippen LogP contribution in [0.3, 0.4) is 0 Å². The van der Waals surface area contributed by atoms with Crippen LogP contribution in [0.25, 0.3) is 0 Å². The first kappa shape index (κ1) is 50.3. The van der Waals surface area contributed by atoms with Crippen LogP contribution in [0.4, 0.5) is 0 Å². The molecule has 8 heteroatoms. The minimum atomic E-state index is 0. The van der Waals surface area contributed by atoms with Crippen LogP contribution in [0.1, 0.15) is 53.4 Å². The van der Waals surface area contributed by atoms with Crippen LogP contribution >= 0.6 is 0 Å². The number of rotatable bonds is 4. The van der Waals surface area contributed by atoms with Crippen molar-refractivity contribution in [1.29, 1.82) is 0 Å². The van der Waals surface area contributed by atoms with Gasteiger partial charge in [0.2, 0.25) is 0 Å². The second-order valence-electron chi connectivity index (χ2n) is 3.41. The van der Waals surface area contributed by atoms with Gasteiger partial charge in [0.1, 0.15) is 0 Å². The van der Waals surface area contributed by atoms with Gasteiger partial charge in [-0.05, 0) is 25.7 Å². The largest absolute Gasteiger partial charge is 0.870 e. The Morgan fingerprint density at radius 2 is 0.450 bits per heavy atom. The summed E-state index contributed by atoms with van der Waals surface area (Å²) in [7, 11) is 0. The highest BCUT2D eigenvalue weighted by atomic mass is 16.0. The lowest BCUT2D eigenvalue weighted by atomic mass is 10.5. The minimum Gasteiger partial charge on any atom is -0.870 e. The quantitative estimate of drug-likeness (QED) is 0.454. The molecule has 136 valence electrons. The van der Waals surface area contributed by atoms with Crippen molar-refractivity contribution in [2.24, 2.45) is 0 Å². The van der Waals surface area contributed by atoms with Gasteiger partial charge in [-0.15, -0.1) is 0 Å². The third kappa shape index (κ3) is 363. The van der Waals surface area contributed by atoms with Crippen LogP contribution in [0.15, 0.2) is 0 Å². The first-order valence-corrected chi connectivity index (χ1v) is 6.83. The third-order valence-electron chi connectivity index (χ3n) is 1.41. The molecule has 0 amide bonds. The molecule has 0 unspecified atom stereocenters. The average Bonchev–Trinajstić information content (AvgIpc) is 2.39. The Balaban J connectivity index is -0.0000000150. The molecular weight excluding hydrogens is 264 g/mol. The molecule has 16 N–H and O–H groups in total. The van der Waals surface area contributed by atoms with Crippen molar-refractivity contribution in [3.63, 3.8) is 0 Å². The van der Waals surface area contributed by atoms with Gasteiger partial charge in [0.15, 0.2) is 0 Å². The van der Waals surface area contributed by atoms with Gasteiger partial charge >= 0.3 is 0 Å². The summed E-state index contributed by atoms with van der Waals surface area (Å²) in [4.78, 5) is 0. The van der Waals surface area contributed by atoms with E-state index in [1.807, 2.05) is 0 Å². The van der Waals surface area contributed by atoms with Gasteiger partial charge in [-0.25, -0.2) is 0 Å². The van der Waals surface area contributed by atoms with E-state index in [0.29, 0.717) is 0 Å². The van der Waals surface area contributed by atoms with Gasteiger partial charge in [0.05, 0.1) is 26.2 Å². The molecule has 8 nitrogen and oxygen atoms in total. The molecule has 0 aromatic rings. The van der Waals surface area contributed by atoms with Crippen molar-refractivity contribution in [1.82, 2.24) is 0 Å². The predicted molar refractivity (Wildman–Crippen MR) is 79.9 cm³/mol. The Labute approximate surface area is 125 Å². The highest BCUT2D eigenvalue weighted by molar-refractivity contribution is 4.08. The Morgan fingerprint density at radius 1 is 0.400 bits per heavy atom. The molecule has 0 saturated carbocycles. The first-order valence-electron chi connectivity index (χ1n) is 6.83. The maximum absolute atomic E-state index is 3.60. The maximum atomic E-state index is 3.60. The molecule has 0 fully saturated rings. The third-order valence-corrected chi connectivity index (χ3v) is 1.41. The summed E-state index contributed by atoms with van der Waals surface area (Å²) in [6.45, 7) is 12.8. The van der Waals surface area contributed by atoms with Crippen molar-refractivity contribution < 1.29 is 44.8 Å². The minimum absolute atomic E-state index is 0. The van der Waals surface area contributed by atoms with Crippen LogP contribution in [0.5, 0.6) is 0 Å². The van der Waals surface area contributed by atoms with E-state index in [9.17, 15) is 0 Å². The molecule has 0 bridgehead atoms. The zero-order valence-electron chi connectivity index (χ0n) is 14.3. The first-order chi connectivity index (χ1) is 7.66. The molecule has 0 aromatic carbocycles. The van der Waals surface area contributed by atoms with Gasteiger partial charge in [0, 0.05) is 0 Å². The van der Waals surface area contributed by atoms with Gasteiger partial charge in [-0.2, -0.15) is 0 Å². The molecular formula is C12H44N4O4. The summed E-state index contributed by atoms with van der Waals surface area (Å²) in [6, 6.07) is 0. The summed E-state index contributed by atoms with van der Waals surface area (Å²) in [5.41, 5.74) is 14.4. The van der Waals surface area contributed by atoms with E-state index in [2.05, 4.69) is 50.6 Å². The lowest BCUT2D eigenvalue weighted by Crippen LogP contribution is -2.49. The standard InChI is InChI=1S/4C3H9N.4H2O/c4*1-2-3-4;;;;/h4*2-4H2,1H3;4*1H2. The Morgan fingerprint density at radius 3 is 0.450 bits per heavy atom. The van der Waals surface area contributed by atoms with Gasteiger partial charge in [-0.3, -0.25) is 0 Å². The van der Waals surface area contributed by atoms with E-state index in [-0.39, 0.29) is 21.9 Å². The van der Waals surface area contributed by atoms with E-state index in [1.165, 1.54) is 25.7 Å². The molecule has 0 aliphatic rings. The molecule has 0 atom stereocenters. The van der Waals surface area contributed by atoms with E-state index in [4.69, 9.17) is 0 Å². The Hall–Kier alpha value is -0.320. The highest BCUT2D eigenvalue weighted by Gasteiger charge is 1.60. The summed E-state index contributed by atoms with van der Waals surface area (Å²) in [5.74, 6) is 0. The molecule has 0 aromatic heterocycles. The van der Waals surface area contributed by atoms with Crippen LogP contribution < -0.4 is 22.9 Å². The monoisotopic (exact) mass is 308 g/mol. The predicted octanol–water partition coefficient (Wildman–Crippen LogP) is -2.15. The molecule has 0 aliphatic carbocycles.